The number of Topliss-reactive ketones (excluding diaryl/α,β-unsaturated/α-hetero) is 1. The van der Waals surface area contributed by atoms with Gasteiger partial charge < -0.3 is 10.2 Å². The smallest absolute Gasteiger partial charge is 0.306 e. The number of rotatable bonds is 3. The number of carboxylic acid groups (broad SMARTS) is 2. The summed E-state index contributed by atoms with van der Waals surface area (Å²) in [5, 5.41) is 17.7. The lowest BCUT2D eigenvalue weighted by atomic mass is 9.74. The standard InChI is InChI=1S/C10H14O5/c1-5(11)6-2-7(9(12)13)4-8(3-6)10(14)15/h6-8H,2-4H2,1H3,(H,12,13)(H,14,15). The van der Waals surface area contributed by atoms with E-state index >= 15 is 0 Å². The summed E-state index contributed by atoms with van der Waals surface area (Å²) in [5.74, 6) is -3.95. The Morgan fingerprint density at radius 1 is 0.867 bits per heavy atom. The highest BCUT2D eigenvalue weighted by Crippen LogP contribution is 2.34. The van der Waals surface area contributed by atoms with Crippen LogP contribution in [0.3, 0.4) is 0 Å². The monoisotopic (exact) mass is 214 g/mol. The second-order valence-electron chi connectivity index (χ2n) is 4.09. The van der Waals surface area contributed by atoms with Crippen LogP contribution < -0.4 is 0 Å². The Hall–Kier alpha value is -1.39. The molecule has 0 aromatic heterocycles. The third-order valence-electron chi connectivity index (χ3n) is 2.98. The van der Waals surface area contributed by atoms with Crippen molar-refractivity contribution in [1.29, 1.82) is 0 Å². The minimum atomic E-state index is -1.01. The lowest BCUT2D eigenvalue weighted by Crippen LogP contribution is -2.34. The van der Waals surface area contributed by atoms with E-state index in [0.717, 1.165) is 0 Å². The maximum absolute atomic E-state index is 11.1. The SMILES string of the molecule is CC(=O)C1CC(C(=O)O)CC(C(=O)O)C1. The van der Waals surface area contributed by atoms with Gasteiger partial charge >= 0.3 is 11.9 Å². The highest BCUT2D eigenvalue weighted by Gasteiger charge is 2.37. The van der Waals surface area contributed by atoms with Crippen molar-refractivity contribution in [1.82, 2.24) is 0 Å². The second kappa shape index (κ2) is 4.42. The van der Waals surface area contributed by atoms with Gasteiger partial charge in [-0.3, -0.25) is 14.4 Å². The predicted molar refractivity (Wildman–Crippen MR) is 50.3 cm³/mol. The first-order valence-electron chi connectivity index (χ1n) is 4.88. The van der Waals surface area contributed by atoms with Gasteiger partial charge in [-0.05, 0) is 26.2 Å². The fourth-order valence-corrected chi connectivity index (χ4v) is 2.05. The van der Waals surface area contributed by atoms with Crippen molar-refractivity contribution >= 4 is 17.7 Å². The van der Waals surface area contributed by atoms with Gasteiger partial charge in [0.1, 0.15) is 5.78 Å². The van der Waals surface area contributed by atoms with Crippen molar-refractivity contribution in [3.05, 3.63) is 0 Å². The Balaban J connectivity index is 2.77. The highest BCUT2D eigenvalue weighted by molar-refractivity contribution is 5.81. The van der Waals surface area contributed by atoms with Crippen LogP contribution in [0.1, 0.15) is 26.2 Å². The van der Waals surface area contributed by atoms with E-state index in [4.69, 9.17) is 10.2 Å². The lowest BCUT2D eigenvalue weighted by molar-refractivity contribution is -0.149. The average molecular weight is 214 g/mol. The zero-order valence-corrected chi connectivity index (χ0v) is 8.47. The molecule has 1 aliphatic carbocycles. The molecular formula is C10H14O5. The quantitative estimate of drug-likeness (QED) is 0.724. The maximum Gasteiger partial charge on any atom is 0.306 e. The van der Waals surface area contributed by atoms with Crippen molar-refractivity contribution in [2.24, 2.45) is 17.8 Å². The molecule has 0 aromatic rings. The number of carbonyl (C=O) groups is 3. The summed E-state index contributed by atoms with van der Waals surface area (Å²) in [7, 11) is 0. The number of hydrogen-bond donors (Lipinski definition) is 2. The molecule has 0 saturated heterocycles. The molecule has 0 spiro atoms. The van der Waals surface area contributed by atoms with Crippen LogP contribution in [-0.4, -0.2) is 27.9 Å². The third-order valence-corrected chi connectivity index (χ3v) is 2.98. The number of aliphatic carboxylic acids is 2. The fraction of sp³-hybridized carbons (Fsp3) is 0.700. The van der Waals surface area contributed by atoms with E-state index < -0.39 is 29.7 Å². The highest BCUT2D eigenvalue weighted by atomic mass is 16.4. The van der Waals surface area contributed by atoms with Gasteiger partial charge in [-0.15, -0.1) is 0 Å². The van der Waals surface area contributed by atoms with Crippen LogP contribution >= 0.6 is 0 Å². The molecule has 0 radical (unpaired) electrons. The van der Waals surface area contributed by atoms with Crippen molar-refractivity contribution < 1.29 is 24.6 Å². The molecular weight excluding hydrogens is 200 g/mol. The van der Waals surface area contributed by atoms with Crippen LogP contribution in [0.4, 0.5) is 0 Å². The third kappa shape index (κ3) is 2.78. The molecule has 0 heterocycles. The van der Waals surface area contributed by atoms with Gasteiger partial charge in [0.05, 0.1) is 11.8 Å². The number of carboxylic acids is 2. The number of ketones is 1. The number of hydrogen-bond acceptors (Lipinski definition) is 3. The molecule has 1 fully saturated rings. The van der Waals surface area contributed by atoms with Crippen molar-refractivity contribution in [2.75, 3.05) is 0 Å². The van der Waals surface area contributed by atoms with Crippen LogP contribution in [0.2, 0.25) is 0 Å². The molecule has 2 N–H and O–H groups in total. The van der Waals surface area contributed by atoms with Crippen molar-refractivity contribution in [3.63, 3.8) is 0 Å². The Labute approximate surface area is 87.1 Å². The average Bonchev–Trinajstić information content (AvgIpc) is 2.16. The van der Waals surface area contributed by atoms with E-state index in [2.05, 4.69) is 0 Å². The van der Waals surface area contributed by atoms with E-state index in [0.29, 0.717) is 0 Å². The number of carbonyl (C=O) groups excluding carboxylic acids is 1. The van der Waals surface area contributed by atoms with Crippen LogP contribution in [0.25, 0.3) is 0 Å². The van der Waals surface area contributed by atoms with E-state index in [9.17, 15) is 14.4 Å². The molecule has 84 valence electrons. The summed E-state index contributed by atoms with van der Waals surface area (Å²) >= 11 is 0. The van der Waals surface area contributed by atoms with Gasteiger partial charge in [0.15, 0.2) is 0 Å². The van der Waals surface area contributed by atoms with E-state index in [1.54, 1.807) is 0 Å². The molecule has 1 rings (SSSR count). The largest absolute Gasteiger partial charge is 0.481 e. The normalized spacial score (nSPS) is 30.9. The first-order valence-corrected chi connectivity index (χ1v) is 4.88. The fourth-order valence-electron chi connectivity index (χ4n) is 2.05. The van der Waals surface area contributed by atoms with E-state index in [1.807, 2.05) is 0 Å². The summed E-state index contributed by atoms with van der Waals surface area (Å²) in [6, 6.07) is 0. The van der Waals surface area contributed by atoms with Gasteiger partial charge in [0.25, 0.3) is 0 Å². The molecule has 5 heteroatoms. The summed E-state index contributed by atoms with van der Waals surface area (Å²) in [6.45, 7) is 1.38. The Kier molecular flexibility index (Phi) is 3.44. The van der Waals surface area contributed by atoms with Gasteiger partial charge in [-0.25, -0.2) is 0 Å². The summed E-state index contributed by atoms with van der Waals surface area (Å²) in [4.78, 5) is 32.7. The summed E-state index contributed by atoms with van der Waals surface area (Å²) in [5.41, 5.74) is 0. The van der Waals surface area contributed by atoms with Gasteiger partial charge in [-0.1, -0.05) is 0 Å². The predicted octanol–water partition coefficient (Wildman–Crippen LogP) is 0.777. The Morgan fingerprint density at radius 3 is 1.47 bits per heavy atom. The van der Waals surface area contributed by atoms with Gasteiger partial charge in [-0.2, -0.15) is 0 Å². The molecule has 2 atom stereocenters. The zero-order chi connectivity index (χ0) is 11.6. The molecule has 5 nitrogen and oxygen atoms in total. The molecule has 0 aliphatic heterocycles. The Morgan fingerprint density at radius 2 is 1.20 bits per heavy atom. The first-order chi connectivity index (χ1) is 6.91. The van der Waals surface area contributed by atoms with Crippen LogP contribution in [-0.2, 0) is 14.4 Å². The lowest BCUT2D eigenvalue weighted by Gasteiger charge is -2.29. The first kappa shape index (κ1) is 11.7. The molecule has 15 heavy (non-hydrogen) atoms. The van der Waals surface area contributed by atoms with Crippen LogP contribution in [0, 0.1) is 17.8 Å². The zero-order valence-electron chi connectivity index (χ0n) is 8.47. The van der Waals surface area contributed by atoms with Gasteiger partial charge in [0.2, 0.25) is 0 Å². The van der Waals surface area contributed by atoms with Crippen LogP contribution in [0.15, 0.2) is 0 Å². The molecule has 1 saturated carbocycles. The molecule has 1 aliphatic rings. The van der Waals surface area contributed by atoms with Crippen LogP contribution in [0.5, 0.6) is 0 Å². The summed E-state index contributed by atoms with van der Waals surface area (Å²) < 4.78 is 0. The Bertz CT molecular complexity index is 243. The topological polar surface area (TPSA) is 91.7 Å². The van der Waals surface area contributed by atoms with Crippen molar-refractivity contribution in [2.45, 2.75) is 26.2 Å². The molecule has 0 bridgehead atoms. The minimum Gasteiger partial charge on any atom is -0.481 e. The molecule has 2 unspecified atom stereocenters. The summed E-state index contributed by atoms with van der Waals surface area (Å²) in [6.07, 6.45) is 0.678. The molecule has 0 aromatic carbocycles. The van der Waals surface area contributed by atoms with Crippen molar-refractivity contribution in [3.8, 4) is 0 Å². The van der Waals surface area contributed by atoms with Gasteiger partial charge in [0, 0.05) is 5.92 Å². The molecule has 0 amide bonds. The maximum atomic E-state index is 11.1. The van der Waals surface area contributed by atoms with E-state index in [1.165, 1.54) is 6.92 Å². The second-order valence-corrected chi connectivity index (χ2v) is 4.09. The van der Waals surface area contributed by atoms with E-state index in [-0.39, 0.29) is 25.0 Å². The minimum absolute atomic E-state index is 0.118.